The number of likely N-dealkylation sites (tertiary alicyclic amines) is 1. The second kappa shape index (κ2) is 9.70. The highest BCUT2D eigenvalue weighted by Crippen LogP contribution is 2.43. The van der Waals surface area contributed by atoms with Gasteiger partial charge in [0.2, 0.25) is 0 Å². The van der Waals surface area contributed by atoms with E-state index in [9.17, 15) is 9.90 Å². The average molecular weight is 480 g/mol. The van der Waals surface area contributed by atoms with Crippen LogP contribution >= 0.6 is 0 Å². The molecule has 0 radical (unpaired) electrons. The minimum atomic E-state index is -2.22. The van der Waals surface area contributed by atoms with Crippen LogP contribution in [0.2, 0.25) is 36.3 Å². The summed E-state index contributed by atoms with van der Waals surface area (Å²) < 4.78 is 13.7. The van der Waals surface area contributed by atoms with Crippen molar-refractivity contribution in [3.63, 3.8) is 0 Å². The number of carbonyl (C=O) groups excluding carboxylic acids is 1. The zero-order valence-electron chi connectivity index (χ0n) is 21.9. The molecule has 7 heteroatoms. The first kappa shape index (κ1) is 27.2. The standard InChI is InChI=1S/C25H45NO4Si2/c1-24(2,3)31(7,8)29-21-20(16-17-27)26(18-19-14-12-11-13-15-19)23(28)22(21)30-32(9,10)25(4,5)6/h11-15,20-22,27H,16-18H2,1-10H3. The van der Waals surface area contributed by atoms with Crippen LogP contribution in [-0.4, -0.2) is 57.4 Å². The highest BCUT2D eigenvalue weighted by atomic mass is 28.4. The molecule has 1 amide bonds. The van der Waals surface area contributed by atoms with Gasteiger partial charge in [0.25, 0.3) is 5.91 Å². The Hall–Kier alpha value is -0.996. The molecule has 1 aliphatic heterocycles. The van der Waals surface area contributed by atoms with Crippen molar-refractivity contribution < 1.29 is 18.8 Å². The van der Waals surface area contributed by atoms with Crippen LogP contribution in [0.25, 0.3) is 0 Å². The topological polar surface area (TPSA) is 59.0 Å². The van der Waals surface area contributed by atoms with Crippen molar-refractivity contribution in [2.75, 3.05) is 6.61 Å². The minimum absolute atomic E-state index is 0.00735. The fourth-order valence-corrected chi connectivity index (χ4v) is 6.08. The second-order valence-corrected chi connectivity index (χ2v) is 21.7. The Morgan fingerprint density at radius 2 is 1.41 bits per heavy atom. The quantitative estimate of drug-likeness (QED) is 0.496. The molecular weight excluding hydrogens is 434 g/mol. The van der Waals surface area contributed by atoms with Crippen LogP contribution < -0.4 is 0 Å². The van der Waals surface area contributed by atoms with Gasteiger partial charge >= 0.3 is 0 Å². The lowest BCUT2D eigenvalue weighted by molar-refractivity contribution is -0.135. The molecule has 0 saturated carbocycles. The summed E-state index contributed by atoms with van der Waals surface area (Å²) in [6, 6.07) is 9.82. The first-order valence-electron chi connectivity index (χ1n) is 11.8. The van der Waals surface area contributed by atoms with E-state index in [4.69, 9.17) is 8.85 Å². The van der Waals surface area contributed by atoms with Crippen LogP contribution in [-0.2, 0) is 20.2 Å². The number of aliphatic hydroxyl groups excluding tert-OH is 1. The van der Waals surface area contributed by atoms with E-state index in [1.165, 1.54) is 0 Å². The molecule has 1 fully saturated rings. The maximum atomic E-state index is 13.8. The second-order valence-electron chi connectivity index (χ2n) is 12.2. The van der Waals surface area contributed by atoms with E-state index in [2.05, 4.69) is 67.7 Å². The molecule has 0 aromatic heterocycles. The minimum Gasteiger partial charge on any atom is -0.409 e. The van der Waals surface area contributed by atoms with Crippen molar-refractivity contribution >= 4 is 22.5 Å². The number of carbonyl (C=O) groups is 1. The largest absolute Gasteiger partial charge is 0.409 e. The molecule has 1 heterocycles. The first-order chi connectivity index (χ1) is 14.5. The van der Waals surface area contributed by atoms with Gasteiger partial charge in [-0.3, -0.25) is 4.79 Å². The number of hydrogen-bond acceptors (Lipinski definition) is 4. The highest BCUT2D eigenvalue weighted by molar-refractivity contribution is 6.74. The summed E-state index contributed by atoms with van der Waals surface area (Å²) in [5.74, 6) is -0.0131. The van der Waals surface area contributed by atoms with Gasteiger partial charge in [-0.25, -0.2) is 0 Å². The van der Waals surface area contributed by atoms with E-state index in [0.29, 0.717) is 13.0 Å². The Morgan fingerprint density at radius 1 is 0.906 bits per heavy atom. The van der Waals surface area contributed by atoms with Crippen LogP contribution in [0, 0.1) is 0 Å². The predicted molar refractivity (Wildman–Crippen MR) is 137 cm³/mol. The summed E-state index contributed by atoms with van der Waals surface area (Å²) in [6.45, 7) is 22.5. The Bertz CT molecular complexity index is 768. The SMILES string of the molecule is CC(C)(C)[Si](C)(C)OC1C(=O)N(Cc2ccccc2)C(CCO)C1O[Si](C)(C)C(C)(C)C. The Balaban J connectivity index is 2.49. The third-order valence-corrected chi connectivity index (χ3v) is 16.6. The van der Waals surface area contributed by atoms with Crippen LogP contribution in [0.4, 0.5) is 0 Å². The lowest BCUT2D eigenvalue weighted by Gasteiger charge is -2.43. The Labute approximate surface area is 197 Å². The molecule has 0 spiro atoms. The molecule has 0 aliphatic carbocycles. The number of benzene rings is 1. The van der Waals surface area contributed by atoms with Crippen LogP contribution in [0.15, 0.2) is 30.3 Å². The van der Waals surface area contributed by atoms with Gasteiger partial charge in [0.1, 0.15) is 0 Å². The lowest BCUT2D eigenvalue weighted by atomic mass is 10.1. The van der Waals surface area contributed by atoms with Crippen LogP contribution in [0.1, 0.15) is 53.5 Å². The zero-order valence-corrected chi connectivity index (χ0v) is 23.9. The normalized spacial score (nSPS) is 23.2. The van der Waals surface area contributed by atoms with Gasteiger partial charge in [-0.15, -0.1) is 0 Å². The van der Waals surface area contributed by atoms with Crippen LogP contribution in [0.3, 0.4) is 0 Å². The van der Waals surface area contributed by atoms with Gasteiger partial charge in [0, 0.05) is 13.2 Å². The van der Waals surface area contributed by atoms with Crippen molar-refractivity contribution in [3.05, 3.63) is 35.9 Å². The van der Waals surface area contributed by atoms with E-state index in [-0.39, 0.29) is 34.7 Å². The van der Waals surface area contributed by atoms with Crippen LogP contribution in [0.5, 0.6) is 0 Å². The molecular formula is C25H45NO4Si2. The number of aliphatic hydroxyl groups is 1. The van der Waals surface area contributed by atoms with Crippen molar-refractivity contribution in [3.8, 4) is 0 Å². The van der Waals surface area contributed by atoms with E-state index < -0.39 is 22.7 Å². The summed E-state index contributed by atoms with van der Waals surface area (Å²) >= 11 is 0. The average Bonchev–Trinajstić information content (AvgIpc) is 2.86. The van der Waals surface area contributed by atoms with Gasteiger partial charge < -0.3 is 18.9 Å². The molecule has 3 atom stereocenters. The van der Waals surface area contributed by atoms with Gasteiger partial charge in [-0.05, 0) is 48.2 Å². The molecule has 1 aliphatic rings. The first-order valence-corrected chi connectivity index (χ1v) is 17.6. The van der Waals surface area contributed by atoms with E-state index in [1.54, 1.807) is 0 Å². The Kier molecular flexibility index (Phi) is 8.26. The number of nitrogens with zero attached hydrogens (tertiary/aromatic N) is 1. The maximum Gasteiger partial charge on any atom is 0.253 e. The molecule has 1 aromatic carbocycles. The van der Waals surface area contributed by atoms with Gasteiger partial charge in [0.15, 0.2) is 22.7 Å². The molecule has 2 rings (SSSR count). The molecule has 0 bridgehead atoms. The third kappa shape index (κ3) is 5.92. The van der Waals surface area contributed by atoms with E-state index >= 15 is 0 Å². The lowest BCUT2D eigenvalue weighted by Crippen LogP contribution is -2.53. The summed E-state index contributed by atoms with van der Waals surface area (Å²) in [5.41, 5.74) is 1.07. The summed E-state index contributed by atoms with van der Waals surface area (Å²) in [4.78, 5) is 15.7. The molecule has 32 heavy (non-hydrogen) atoms. The monoisotopic (exact) mass is 479 g/mol. The fourth-order valence-electron chi connectivity index (χ4n) is 3.54. The van der Waals surface area contributed by atoms with E-state index in [0.717, 1.165) is 5.56 Å². The highest BCUT2D eigenvalue weighted by Gasteiger charge is 2.55. The van der Waals surface area contributed by atoms with Crippen molar-refractivity contribution in [2.45, 2.75) is 109 Å². The van der Waals surface area contributed by atoms with Crippen molar-refractivity contribution in [1.82, 2.24) is 4.90 Å². The van der Waals surface area contributed by atoms with Gasteiger partial charge in [0.05, 0.1) is 12.1 Å². The Morgan fingerprint density at radius 3 is 1.88 bits per heavy atom. The predicted octanol–water partition coefficient (Wildman–Crippen LogP) is 5.56. The van der Waals surface area contributed by atoms with Crippen molar-refractivity contribution in [2.24, 2.45) is 0 Å². The summed E-state index contributed by atoms with van der Waals surface area (Å²) in [7, 11) is -4.40. The molecule has 1 N–H and O–H groups in total. The number of hydrogen-bond donors (Lipinski definition) is 1. The molecule has 1 saturated heterocycles. The molecule has 1 aromatic rings. The maximum absolute atomic E-state index is 13.8. The van der Waals surface area contributed by atoms with E-state index in [1.807, 2.05) is 35.2 Å². The number of rotatable bonds is 8. The van der Waals surface area contributed by atoms with Gasteiger partial charge in [-0.2, -0.15) is 0 Å². The summed E-state index contributed by atoms with van der Waals surface area (Å²) in [5, 5.41) is 9.89. The number of amides is 1. The van der Waals surface area contributed by atoms with Gasteiger partial charge in [-0.1, -0.05) is 71.9 Å². The zero-order chi connectivity index (χ0) is 24.5. The fraction of sp³-hybridized carbons (Fsp3) is 0.720. The smallest absolute Gasteiger partial charge is 0.253 e. The van der Waals surface area contributed by atoms with Crippen molar-refractivity contribution in [1.29, 1.82) is 0 Å². The molecule has 182 valence electrons. The molecule has 3 unspecified atom stereocenters. The summed E-state index contributed by atoms with van der Waals surface area (Å²) in [6.07, 6.45) is -0.534. The third-order valence-electron chi connectivity index (χ3n) is 7.69. The molecule has 5 nitrogen and oxygen atoms in total.